The molecule has 0 saturated carbocycles. The monoisotopic (exact) mass is 445 g/mol. The number of hydrogen-bond donors (Lipinski definition) is 0. The molecule has 1 fully saturated rings. The second-order valence-electron chi connectivity index (χ2n) is 8.28. The van der Waals surface area contributed by atoms with E-state index in [2.05, 4.69) is 15.3 Å². The maximum Gasteiger partial charge on any atom is 0.244 e. The van der Waals surface area contributed by atoms with Gasteiger partial charge in [0.2, 0.25) is 5.91 Å². The zero-order valence-electron chi connectivity index (χ0n) is 18.3. The van der Waals surface area contributed by atoms with Crippen LogP contribution in [0, 0.1) is 12.7 Å². The van der Waals surface area contributed by atoms with Crippen molar-refractivity contribution < 1.29 is 13.9 Å². The molecule has 1 aliphatic heterocycles. The van der Waals surface area contributed by atoms with Gasteiger partial charge in [-0.3, -0.25) is 9.78 Å². The van der Waals surface area contributed by atoms with Gasteiger partial charge in [-0.15, -0.1) is 5.10 Å². The Balaban J connectivity index is 1.31. The van der Waals surface area contributed by atoms with Gasteiger partial charge in [0, 0.05) is 12.2 Å². The fourth-order valence-electron chi connectivity index (χ4n) is 4.23. The molecule has 4 aromatic rings. The first kappa shape index (κ1) is 21.2. The zero-order valence-corrected chi connectivity index (χ0v) is 18.3. The molecular weight excluding hydrogens is 421 g/mol. The number of amides is 1. The van der Waals surface area contributed by atoms with Crippen LogP contribution in [-0.4, -0.2) is 50.5 Å². The van der Waals surface area contributed by atoms with Gasteiger partial charge in [0.15, 0.2) is 0 Å². The number of pyridine rings is 1. The number of nitrogens with zero attached hydrogens (tertiary/aromatic N) is 5. The topological polar surface area (TPSA) is 73.1 Å². The Morgan fingerprint density at radius 1 is 1.12 bits per heavy atom. The summed E-state index contributed by atoms with van der Waals surface area (Å²) in [5.41, 5.74) is 5.17. The summed E-state index contributed by atoms with van der Waals surface area (Å²) < 4.78 is 21.2. The Labute approximate surface area is 190 Å². The van der Waals surface area contributed by atoms with Crippen LogP contribution in [-0.2, 0) is 22.5 Å². The van der Waals surface area contributed by atoms with E-state index in [9.17, 15) is 9.18 Å². The normalized spacial score (nSPS) is 16.3. The van der Waals surface area contributed by atoms with Crippen molar-refractivity contribution in [3.63, 3.8) is 0 Å². The Morgan fingerprint density at radius 3 is 2.88 bits per heavy atom. The summed E-state index contributed by atoms with van der Waals surface area (Å²) in [5.74, 6) is -0.282. The SMILES string of the molecule is Cc1cc(Cc2cccc(F)c2)cc(C2CN(C(=O)Cn3nnc4ccccc43)CCO2)n1. The van der Waals surface area contributed by atoms with Crippen LogP contribution in [0.25, 0.3) is 11.0 Å². The predicted octanol–water partition coefficient (Wildman–Crippen LogP) is 3.46. The minimum Gasteiger partial charge on any atom is -0.368 e. The van der Waals surface area contributed by atoms with Crippen LogP contribution in [0.5, 0.6) is 0 Å². The number of para-hydroxylation sites is 1. The van der Waals surface area contributed by atoms with Crippen molar-refractivity contribution in [1.29, 1.82) is 0 Å². The summed E-state index contributed by atoms with van der Waals surface area (Å²) in [6.45, 7) is 3.42. The first-order valence-electron chi connectivity index (χ1n) is 10.9. The first-order valence-corrected chi connectivity index (χ1v) is 10.9. The highest BCUT2D eigenvalue weighted by Gasteiger charge is 2.27. The molecule has 5 rings (SSSR count). The number of benzene rings is 2. The van der Waals surface area contributed by atoms with Crippen LogP contribution in [0.3, 0.4) is 0 Å². The molecule has 7 nitrogen and oxygen atoms in total. The van der Waals surface area contributed by atoms with Gasteiger partial charge < -0.3 is 9.64 Å². The van der Waals surface area contributed by atoms with Gasteiger partial charge in [0.1, 0.15) is 24.0 Å². The molecule has 3 heterocycles. The van der Waals surface area contributed by atoms with E-state index in [0.717, 1.165) is 33.5 Å². The molecular formula is C25H24FN5O2. The molecule has 0 radical (unpaired) electrons. The Kier molecular flexibility index (Phi) is 5.83. The minimum absolute atomic E-state index is 0.0356. The second kappa shape index (κ2) is 9.07. The molecule has 0 spiro atoms. The van der Waals surface area contributed by atoms with Gasteiger partial charge in [0.05, 0.1) is 24.4 Å². The van der Waals surface area contributed by atoms with E-state index < -0.39 is 0 Å². The number of aryl methyl sites for hydroxylation is 1. The summed E-state index contributed by atoms with van der Waals surface area (Å²) >= 11 is 0. The summed E-state index contributed by atoms with van der Waals surface area (Å²) in [6.07, 6.45) is 0.282. The molecule has 1 aliphatic rings. The molecule has 1 saturated heterocycles. The Bertz CT molecular complexity index is 1300. The van der Waals surface area contributed by atoms with Gasteiger partial charge >= 0.3 is 0 Å². The van der Waals surface area contributed by atoms with Crippen molar-refractivity contribution in [2.24, 2.45) is 0 Å². The first-order chi connectivity index (χ1) is 16.0. The van der Waals surface area contributed by atoms with Crippen molar-refractivity contribution >= 4 is 16.9 Å². The Hall–Kier alpha value is -3.65. The van der Waals surface area contributed by atoms with Crippen LogP contribution in [0.1, 0.15) is 28.6 Å². The molecule has 2 aromatic carbocycles. The highest BCUT2D eigenvalue weighted by atomic mass is 19.1. The van der Waals surface area contributed by atoms with E-state index in [1.54, 1.807) is 21.7 Å². The van der Waals surface area contributed by atoms with Gasteiger partial charge in [-0.1, -0.05) is 29.5 Å². The van der Waals surface area contributed by atoms with Crippen LogP contribution in [0.15, 0.2) is 60.7 Å². The van der Waals surface area contributed by atoms with Gasteiger partial charge in [-0.05, 0) is 60.9 Å². The third kappa shape index (κ3) is 4.75. The maximum atomic E-state index is 13.6. The van der Waals surface area contributed by atoms with Gasteiger partial charge in [-0.25, -0.2) is 9.07 Å². The number of rotatable bonds is 5. The summed E-state index contributed by atoms with van der Waals surface area (Å²) in [7, 11) is 0. The number of carbonyl (C=O) groups is 1. The average molecular weight is 445 g/mol. The van der Waals surface area contributed by atoms with Crippen molar-refractivity contribution in [2.45, 2.75) is 26.0 Å². The molecule has 168 valence electrons. The lowest BCUT2D eigenvalue weighted by atomic mass is 10.0. The fraction of sp³-hybridized carbons (Fsp3) is 0.280. The molecule has 8 heteroatoms. The lowest BCUT2D eigenvalue weighted by Gasteiger charge is -2.33. The van der Waals surface area contributed by atoms with E-state index in [1.165, 1.54) is 6.07 Å². The average Bonchev–Trinajstić information content (AvgIpc) is 3.21. The predicted molar refractivity (Wildman–Crippen MR) is 121 cm³/mol. The molecule has 0 aliphatic carbocycles. The van der Waals surface area contributed by atoms with Crippen molar-refractivity contribution in [1.82, 2.24) is 24.9 Å². The van der Waals surface area contributed by atoms with E-state index >= 15 is 0 Å². The minimum atomic E-state index is -0.318. The quantitative estimate of drug-likeness (QED) is 0.470. The number of aromatic nitrogens is 4. The molecule has 1 amide bonds. The van der Waals surface area contributed by atoms with Gasteiger partial charge in [-0.2, -0.15) is 0 Å². The van der Waals surface area contributed by atoms with E-state index in [0.29, 0.717) is 26.1 Å². The molecule has 33 heavy (non-hydrogen) atoms. The van der Waals surface area contributed by atoms with E-state index in [-0.39, 0.29) is 24.4 Å². The number of ether oxygens (including phenoxy) is 1. The fourth-order valence-corrected chi connectivity index (χ4v) is 4.23. The molecule has 2 aromatic heterocycles. The van der Waals surface area contributed by atoms with E-state index in [4.69, 9.17) is 4.74 Å². The number of hydrogen-bond acceptors (Lipinski definition) is 5. The van der Waals surface area contributed by atoms with Crippen molar-refractivity contribution in [2.75, 3.05) is 19.7 Å². The summed E-state index contributed by atoms with van der Waals surface area (Å²) in [5, 5.41) is 8.25. The number of fused-ring (bicyclic) bond motifs is 1. The smallest absolute Gasteiger partial charge is 0.244 e. The lowest BCUT2D eigenvalue weighted by molar-refractivity contribution is -0.140. The van der Waals surface area contributed by atoms with E-state index in [1.807, 2.05) is 49.4 Å². The molecule has 1 atom stereocenters. The van der Waals surface area contributed by atoms with Crippen LogP contribution < -0.4 is 0 Å². The zero-order chi connectivity index (χ0) is 22.8. The summed E-state index contributed by atoms with van der Waals surface area (Å²) in [6, 6.07) is 18.2. The Morgan fingerprint density at radius 2 is 2.00 bits per heavy atom. The highest BCUT2D eigenvalue weighted by molar-refractivity contribution is 5.80. The molecule has 1 unspecified atom stereocenters. The number of halogens is 1. The van der Waals surface area contributed by atoms with Crippen molar-refractivity contribution in [3.8, 4) is 0 Å². The number of morpholine rings is 1. The maximum absolute atomic E-state index is 13.6. The van der Waals surface area contributed by atoms with Gasteiger partial charge in [0.25, 0.3) is 0 Å². The third-order valence-corrected chi connectivity index (χ3v) is 5.78. The van der Waals surface area contributed by atoms with Crippen LogP contribution >= 0.6 is 0 Å². The van der Waals surface area contributed by atoms with Crippen LogP contribution in [0.4, 0.5) is 4.39 Å². The van der Waals surface area contributed by atoms with Crippen molar-refractivity contribution in [3.05, 3.63) is 89.0 Å². The standard InChI is InChI=1S/C25H24FN5O2/c1-17-11-19(12-18-5-4-6-20(26)13-18)14-22(27-17)24-15-30(9-10-33-24)25(32)16-31-23-8-3-2-7-21(23)28-29-31/h2-8,11,13-14,24H,9-10,12,15-16H2,1H3. The second-order valence-corrected chi connectivity index (χ2v) is 8.28. The number of carbonyl (C=O) groups excluding carboxylic acids is 1. The summed E-state index contributed by atoms with van der Waals surface area (Å²) in [4.78, 5) is 19.5. The highest BCUT2D eigenvalue weighted by Crippen LogP contribution is 2.24. The molecule has 0 bridgehead atoms. The molecule has 0 N–H and O–H groups in total. The third-order valence-electron chi connectivity index (χ3n) is 5.78. The lowest BCUT2D eigenvalue weighted by Crippen LogP contribution is -2.44. The largest absolute Gasteiger partial charge is 0.368 e. The van der Waals surface area contributed by atoms with Crippen LogP contribution in [0.2, 0.25) is 0 Å².